The van der Waals surface area contributed by atoms with Crippen LogP contribution in [0.5, 0.6) is 5.75 Å². The summed E-state index contributed by atoms with van der Waals surface area (Å²) in [6, 6.07) is 3.77. The van der Waals surface area contributed by atoms with Crippen LogP contribution in [0.15, 0.2) is 24.5 Å². The number of aromatic nitrogens is 1. The van der Waals surface area contributed by atoms with E-state index in [1.807, 2.05) is 17.0 Å². The summed E-state index contributed by atoms with van der Waals surface area (Å²) in [5.74, 6) is 0.975. The Labute approximate surface area is 143 Å². The Morgan fingerprint density at radius 2 is 2.29 bits per heavy atom. The lowest BCUT2D eigenvalue weighted by Gasteiger charge is -2.38. The smallest absolute Gasteiger partial charge is 0.224 e. The molecule has 2 fully saturated rings. The number of piperidine rings is 1. The summed E-state index contributed by atoms with van der Waals surface area (Å²) in [5, 5.41) is 0. The molecule has 0 aromatic carbocycles. The fourth-order valence-electron chi connectivity index (χ4n) is 3.55. The molecule has 0 saturated carbocycles. The molecule has 3 rings (SSSR count). The molecule has 1 aromatic rings. The van der Waals surface area contributed by atoms with Crippen LogP contribution in [0.2, 0.25) is 0 Å². The molecule has 24 heavy (non-hydrogen) atoms. The van der Waals surface area contributed by atoms with Crippen LogP contribution in [-0.4, -0.2) is 61.9 Å². The third kappa shape index (κ3) is 4.24. The van der Waals surface area contributed by atoms with Crippen LogP contribution in [0.1, 0.15) is 25.7 Å². The van der Waals surface area contributed by atoms with Crippen molar-refractivity contribution >= 4 is 5.91 Å². The molecule has 0 unspecified atom stereocenters. The number of methoxy groups -OCH3 is 1. The van der Waals surface area contributed by atoms with Crippen LogP contribution < -0.4 is 4.74 Å². The van der Waals surface area contributed by atoms with Gasteiger partial charge in [-0.15, -0.1) is 0 Å². The molecule has 132 valence electrons. The van der Waals surface area contributed by atoms with Gasteiger partial charge in [-0.25, -0.2) is 0 Å². The number of hydrogen-bond donors (Lipinski definition) is 0. The van der Waals surface area contributed by atoms with Gasteiger partial charge < -0.3 is 19.1 Å². The molecule has 0 N–H and O–H groups in total. The van der Waals surface area contributed by atoms with Gasteiger partial charge in [0.2, 0.25) is 5.91 Å². The number of pyridine rings is 1. The minimum atomic E-state index is 0.126. The molecule has 3 heterocycles. The summed E-state index contributed by atoms with van der Waals surface area (Å²) >= 11 is 0. The van der Waals surface area contributed by atoms with Crippen molar-refractivity contribution in [2.45, 2.75) is 31.8 Å². The van der Waals surface area contributed by atoms with Crippen molar-refractivity contribution in [2.24, 2.45) is 5.41 Å². The van der Waals surface area contributed by atoms with Crippen LogP contribution in [-0.2, 0) is 14.3 Å². The average Bonchev–Trinajstić information content (AvgIpc) is 3.02. The highest BCUT2D eigenvalue weighted by Gasteiger charge is 2.43. The predicted molar refractivity (Wildman–Crippen MR) is 88.8 cm³/mol. The minimum Gasteiger partial charge on any atom is -0.489 e. The van der Waals surface area contributed by atoms with E-state index in [1.54, 1.807) is 19.5 Å². The summed E-state index contributed by atoms with van der Waals surface area (Å²) < 4.78 is 16.7. The summed E-state index contributed by atoms with van der Waals surface area (Å²) in [6.45, 7) is 3.47. The van der Waals surface area contributed by atoms with Gasteiger partial charge in [0.15, 0.2) is 0 Å². The number of hydrogen-bond acceptors (Lipinski definition) is 5. The lowest BCUT2D eigenvalue weighted by molar-refractivity contribution is -0.134. The molecular weight excluding hydrogens is 308 g/mol. The van der Waals surface area contributed by atoms with E-state index in [0.717, 1.165) is 44.7 Å². The molecule has 1 amide bonds. The second-order valence-electron chi connectivity index (χ2n) is 6.76. The monoisotopic (exact) mass is 334 g/mol. The molecule has 0 aliphatic carbocycles. The first kappa shape index (κ1) is 17.2. The van der Waals surface area contributed by atoms with E-state index >= 15 is 0 Å². The first-order valence-corrected chi connectivity index (χ1v) is 8.62. The second kappa shape index (κ2) is 7.94. The standard InChI is InChI=1S/C18H26N2O4/c1-22-10-4-17(21)20-8-5-18(6-9-20)11-16(24-14-18)13-23-15-3-2-7-19-12-15/h2-3,7,12,16H,4-6,8-11,13-14H2,1H3/t16-/m1/s1. The Hall–Kier alpha value is -1.66. The highest BCUT2D eigenvalue weighted by molar-refractivity contribution is 5.76. The van der Waals surface area contributed by atoms with Gasteiger partial charge in [0.1, 0.15) is 12.4 Å². The van der Waals surface area contributed by atoms with E-state index < -0.39 is 0 Å². The third-order valence-electron chi connectivity index (χ3n) is 5.05. The van der Waals surface area contributed by atoms with E-state index in [-0.39, 0.29) is 17.4 Å². The van der Waals surface area contributed by atoms with Crippen LogP contribution in [0.4, 0.5) is 0 Å². The number of rotatable bonds is 6. The van der Waals surface area contributed by atoms with E-state index in [0.29, 0.717) is 19.6 Å². The Balaban J connectivity index is 1.43. The summed E-state index contributed by atoms with van der Waals surface area (Å²) in [4.78, 5) is 18.1. The molecule has 0 radical (unpaired) electrons. The quantitative estimate of drug-likeness (QED) is 0.795. The average molecular weight is 334 g/mol. The zero-order chi connectivity index (χ0) is 16.8. The molecule has 6 nitrogen and oxygen atoms in total. The Morgan fingerprint density at radius 3 is 3.00 bits per heavy atom. The lowest BCUT2D eigenvalue weighted by Crippen LogP contribution is -2.43. The molecule has 2 aliphatic rings. The maximum absolute atomic E-state index is 12.1. The number of ether oxygens (including phenoxy) is 3. The second-order valence-corrected chi connectivity index (χ2v) is 6.76. The van der Waals surface area contributed by atoms with E-state index in [4.69, 9.17) is 14.2 Å². The maximum Gasteiger partial charge on any atom is 0.224 e. The van der Waals surface area contributed by atoms with Gasteiger partial charge in [0.25, 0.3) is 0 Å². The fraction of sp³-hybridized carbons (Fsp3) is 0.667. The Kier molecular flexibility index (Phi) is 5.68. The summed E-state index contributed by atoms with van der Waals surface area (Å²) in [5.41, 5.74) is 0.209. The van der Waals surface area contributed by atoms with Crippen molar-refractivity contribution in [3.63, 3.8) is 0 Å². The SMILES string of the molecule is COCCC(=O)N1CCC2(CC1)CO[C@@H](COc1cccnc1)C2. The third-order valence-corrected chi connectivity index (χ3v) is 5.05. The van der Waals surface area contributed by atoms with Crippen molar-refractivity contribution in [2.75, 3.05) is 40.0 Å². The Morgan fingerprint density at radius 1 is 1.46 bits per heavy atom. The van der Waals surface area contributed by atoms with Crippen molar-refractivity contribution < 1.29 is 19.0 Å². The molecule has 1 spiro atoms. The van der Waals surface area contributed by atoms with Gasteiger partial charge in [-0.1, -0.05) is 0 Å². The van der Waals surface area contributed by atoms with Crippen LogP contribution in [0, 0.1) is 5.41 Å². The predicted octanol–water partition coefficient (Wildman–Crippen LogP) is 1.89. The number of amides is 1. The normalized spacial score (nSPS) is 22.7. The van der Waals surface area contributed by atoms with E-state index in [9.17, 15) is 4.79 Å². The van der Waals surface area contributed by atoms with Gasteiger partial charge in [-0.05, 0) is 36.8 Å². The zero-order valence-corrected chi connectivity index (χ0v) is 14.3. The van der Waals surface area contributed by atoms with Gasteiger partial charge in [0.05, 0.1) is 31.9 Å². The lowest BCUT2D eigenvalue weighted by atomic mass is 9.76. The largest absolute Gasteiger partial charge is 0.489 e. The zero-order valence-electron chi connectivity index (χ0n) is 14.3. The highest BCUT2D eigenvalue weighted by atomic mass is 16.5. The van der Waals surface area contributed by atoms with Crippen molar-refractivity contribution in [3.8, 4) is 5.75 Å². The van der Waals surface area contributed by atoms with Gasteiger partial charge in [-0.2, -0.15) is 0 Å². The first-order valence-electron chi connectivity index (χ1n) is 8.62. The van der Waals surface area contributed by atoms with Gasteiger partial charge >= 0.3 is 0 Å². The number of carbonyl (C=O) groups is 1. The van der Waals surface area contributed by atoms with Crippen LogP contribution >= 0.6 is 0 Å². The summed E-state index contributed by atoms with van der Waals surface area (Å²) in [7, 11) is 1.63. The molecule has 2 saturated heterocycles. The molecular formula is C18H26N2O4. The van der Waals surface area contributed by atoms with Crippen molar-refractivity contribution in [1.29, 1.82) is 0 Å². The van der Waals surface area contributed by atoms with Crippen molar-refractivity contribution in [1.82, 2.24) is 9.88 Å². The first-order chi connectivity index (χ1) is 11.7. The molecule has 6 heteroatoms. The van der Waals surface area contributed by atoms with Crippen LogP contribution in [0.25, 0.3) is 0 Å². The number of nitrogens with zero attached hydrogens (tertiary/aromatic N) is 2. The van der Waals surface area contributed by atoms with Gasteiger partial charge in [0, 0.05) is 26.4 Å². The van der Waals surface area contributed by atoms with E-state index in [1.165, 1.54) is 0 Å². The highest BCUT2D eigenvalue weighted by Crippen LogP contribution is 2.42. The van der Waals surface area contributed by atoms with Crippen molar-refractivity contribution in [3.05, 3.63) is 24.5 Å². The maximum atomic E-state index is 12.1. The number of likely N-dealkylation sites (tertiary alicyclic amines) is 1. The minimum absolute atomic E-state index is 0.126. The van der Waals surface area contributed by atoms with Crippen LogP contribution in [0.3, 0.4) is 0 Å². The Bertz CT molecular complexity index is 529. The topological polar surface area (TPSA) is 60.9 Å². The molecule has 0 bridgehead atoms. The van der Waals surface area contributed by atoms with Gasteiger partial charge in [-0.3, -0.25) is 9.78 Å². The number of carbonyl (C=O) groups excluding carboxylic acids is 1. The fourth-order valence-corrected chi connectivity index (χ4v) is 3.55. The van der Waals surface area contributed by atoms with E-state index in [2.05, 4.69) is 4.98 Å². The molecule has 2 aliphatic heterocycles. The summed E-state index contributed by atoms with van der Waals surface area (Å²) in [6.07, 6.45) is 7.07. The molecule has 1 atom stereocenters. The molecule has 1 aromatic heterocycles.